The molecular formula is C9H16ClNO3. The highest BCUT2D eigenvalue weighted by Gasteiger charge is 2.15. The minimum atomic E-state index is -0.549. The number of halogens is 1. The van der Waals surface area contributed by atoms with Gasteiger partial charge in [-0.25, -0.2) is 4.79 Å². The van der Waals surface area contributed by atoms with Gasteiger partial charge in [0.1, 0.15) is 0 Å². The van der Waals surface area contributed by atoms with E-state index in [9.17, 15) is 9.59 Å². The molecule has 82 valence electrons. The zero-order valence-electron chi connectivity index (χ0n) is 8.59. The van der Waals surface area contributed by atoms with Crippen LogP contribution in [0.4, 0.5) is 4.79 Å². The number of unbranched alkanes of at least 4 members (excludes halogenated alkanes) is 2. The summed E-state index contributed by atoms with van der Waals surface area (Å²) in [5.74, 6) is 0. The van der Waals surface area contributed by atoms with Gasteiger partial charge in [-0.1, -0.05) is 19.8 Å². The van der Waals surface area contributed by atoms with E-state index in [0.717, 1.165) is 19.3 Å². The van der Waals surface area contributed by atoms with Crippen LogP contribution < -0.4 is 0 Å². The fourth-order valence-corrected chi connectivity index (χ4v) is 1.21. The lowest BCUT2D eigenvalue weighted by molar-refractivity contribution is -0.112. The minimum absolute atomic E-state index is 0.0854. The standard InChI is InChI=1S/C9H16ClNO3/c1-3-4-5-6-11(7-8(10)12)9(13)14-2/h3-7H2,1-2H3. The largest absolute Gasteiger partial charge is 0.453 e. The predicted octanol–water partition coefficient (Wildman–Crippen LogP) is 2.01. The summed E-state index contributed by atoms with van der Waals surface area (Å²) in [6.45, 7) is 2.49. The van der Waals surface area contributed by atoms with Crippen LogP contribution in [0.5, 0.6) is 0 Å². The molecule has 14 heavy (non-hydrogen) atoms. The van der Waals surface area contributed by atoms with Gasteiger partial charge in [0, 0.05) is 6.54 Å². The zero-order chi connectivity index (χ0) is 11.0. The lowest BCUT2D eigenvalue weighted by Gasteiger charge is -2.18. The third-order valence-electron chi connectivity index (χ3n) is 1.78. The summed E-state index contributed by atoms with van der Waals surface area (Å²) in [5, 5.41) is -0.549. The maximum atomic E-state index is 11.1. The van der Waals surface area contributed by atoms with Gasteiger partial charge in [-0.15, -0.1) is 0 Å². The second-order valence-electron chi connectivity index (χ2n) is 2.95. The maximum absolute atomic E-state index is 11.1. The summed E-state index contributed by atoms with van der Waals surface area (Å²) in [5.41, 5.74) is 0. The van der Waals surface area contributed by atoms with Crippen molar-refractivity contribution in [1.82, 2.24) is 4.90 Å². The Morgan fingerprint density at radius 1 is 1.36 bits per heavy atom. The van der Waals surface area contributed by atoms with E-state index in [1.54, 1.807) is 0 Å². The van der Waals surface area contributed by atoms with Crippen molar-refractivity contribution in [3.63, 3.8) is 0 Å². The molecule has 0 saturated carbocycles. The molecule has 0 rings (SSSR count). The summed E-state index contributed by atoms with van der Waals surface area (Å²) >= 11 is 5.20. The molecule has 0 fully saturated rings. The smallest absolute Gasteiger partial charge is 0.409 e. The first-order valence-electron chi connectivity index (χ1n) is 4.63. The number of nitrogens with zero attached hydrogens (tertiary/aromatic N) is 1. The van der Waals surface area contributed by atoms with Crippen LogP contribution in [0.2, 0.25) is 0 Å². The van der Waals surface area contributed by atoms with E-state index in [4.69, 9.17) is 11.6 Å². The number of amides is 1. The number of methoxy groups -OCH3 is 1. The highest BCUT2D eigenvalue weighted by atomic mass is 35.5. The van der Waals surface area contributed by atoms with Gasteiger partial charge in [0.25, 0.3) is 0 Å². The van der Waals surface area contributed by atoms with Crippen molar-refractivity contribution in [2.45, 2.75) is 26.2 Å². The topological polar surface area (TPSA) is 46.6 Å². The van der Waals surface area contributed by atoms with Gasteiger partial charge in [0.2, 0.25) is 5.24 Å². The van der Waals surface area contributed by atoms with Crippen LogP contribution >= 0.6 is 11.6 Å². The minimum Gasteiger partial charge on any atom is -0.453 e. The van der Waals surface area contributed by atoms with Crippen molar-refractivity contribution < 1.29 is 14.3 Å². The molecule has 0 heterocycles. The molecule has 0 aromatic heterocycles. The molecule has 0 bridgehead atoms. The molecule has 0 spiro atoms. The lowest BCUT2D eigenvalue weighted by Crippen LogP contribution is -2.35. The molecular weight excluding hydrogens is 206 g/mol. The van der Waals surface area contributed by atoms with Crippen LogP contribution in [0.25, 0.3) is 0 Å². The van der Waals surface area contributed by atoms with Gasteiger partial charge in [0.05, 0.1) is 13.7 Å². The maximum Gasteiger partial charge on any atom is 0.409 e. The number of ether oxygens (including phenoxy) is 1. The van der Waals surface area contributed by atoms with E-state index in [2.05, 4.69) is 11.7 Å². The van der Waals surface area contributed by atoms with E-state index < -0.39 is 11.3 Å². The highest BCUT2D eigenvalue weighted by molar-refractivity contribution is 6.64. The summed E-state index contributed by atoms with van der Waals surface area (Å²) in [6, 6.07) is 0. The van der Waals surface area contributed by atoms with Gasteiger partial charge in [-0.05, 0) is 18.0 Å². The van der Waals surface area contributed by atoms with Gasteiger partial charge in [-0.2, -0.15) is 0 Å². The molecule has 0 atom stereocenters. The zero-order valence-corrected chi connectivity index (χ0v) is 9.34. The quantitative estimate of drug-likeness (QED) is 0.509. The second kappa shape index (κ2) is 7.62. The SMILES string of the molecule is CCCCCN(CC(=O)Cl)C(=O)OC. The van der Waals surface area contributed by atoms with Gasteiger partial charge < -0.3 is 4.74 Å². The van der Waals surface area contributed by atoms with Crippen molar-refractivity contribution in [3.05, 3.63) is 0 Å². The van der Waals surface area contributed by atoms with Crippen molar-refractivity contribution in [1.29, 1.82) is 0 Å². The average Bonchev–Trinajstić information content (AvgIpc) is 2.15. The van der Waals surface area contributed by atoms with Crippen LogP contribution in [0.1, 0.15) is 26.2 Å². The van der Waals surface area contributed by atoms with E-state index >= 15 is 0 Å². The second-order valence-corrected chi connectivity index (χ2v) is 3.38. The molecule has 0 aliphatic heterocycles. The number of hydrogen-bond donors (Lipinski definition) is 0. The molecule has 0 aliphatic carbocycles. The fourth-order valence-electron chi connectivity index (χ4n) is 1.07. The van der Waals surface area contributed by atoms with Crippen LogP contribution in [-0.2, 0) is 9.53 Å². The first-order chi connectivity index (χ1) is 6.61. The van der Waals surface area contributed by atoms with Gasteiger partial charge in [0.15, 0.2) is 0 Å². The van der Waals surface area contributed by atoms with E-state index in [0.29, 0.717) is 6.54 Å². The Morgan fingerprint density at radius 3 is 2.43 bits per heavy atom. The molecule has 0 N–H and O–H groups in total. The van der Waals surface area contributed by atoms with E-state index in [1.807, 2.05) is 0 Å². The molecule has 4 nitrogen and oxygen atoms in total. The lowest BCUT2D eigenvalue weighted by atomic mass is 10.2. The Morgan fingerprint density at radius 2 is 2.00 bits per heavy atom. The van der Waals surface area contributed by atoms with Gasteiger partial charge >= 0.3 is 6.09 Å². The van der Waals surface area contributed by atoms with Crippen LogP contribution in [-0.4, -0.2) is 36.4 Å². The van der Waals surface area contributed by atoms with Crippen molar-refractivity contribution in [2.75, 3.05) is 20.2 Å². The number of rotatable bonds is 6. The van der Waals surface area contributed by atoms with Crippen molar-refractivity contribution >= 4 is 22.9 Å². The van der Waals surface area contributed by atoms with Crippen LogP contribution in [0.15, 0.2) is 0 Å². The first kappa shape index (κ1) is 13.2. The normalized spacial score (nSPS) is 9.64. The average molecular weight is 222 g/mol. The monoisotopic (exact) mass is 221 g/mol. The molecule has 0 unspecified atom stereocenters. The molecule has 0 saturated heterocycles. The fraction of sp³-hybridized carbons (Fsp3) is 0.778. The number of hydrogen-bond acceptors (Lipinski definition) is 3. The van der Waals surface area contributed by atoms with Crippen molar-refractivity contribution in [3.8, 4) is 0 Å². The Bertz CT molecular complexity index is 196. The van der Waals surface area contributed by atoms with Crippen LogP contribution in [0, 0.1) is 0 Å². The first-order valence-corrected chi connectivity index (χ1v) is 5.00. The Hall–Kier alpha value is -0.770. The Balaban J connectivity index is 3.97. The highest BCUT2D eigenvalue weighted by Crippen LogP contribution is 2.01. The molecule has 5 heteroatoms. The Labute approximate surface area is 89.2 Å². The summed E-state index contributed by atoms with van der Waals surface area (Å²) in [7, 11) is 1.29. The molecule has 0 aliphatic rings. The van der Waals surface area contributed by atoms with Crippen molar-refractivity contribution in [2.24, 2.45) is 0 Å². The molecule has 0 radical (unpaired) electrons. The third-order valence-corrected chi connectivity index (χ3v) is 1.90. The third kappa shape index (κ3) is 5.80. The summed E-state index contributed by atoms with van der Waals surface area (Å²) < 4.78 is 4.52. The predicted molar refractivity (Wildman–Crippen MR) is 54.4 cm³/mol. The molecule has 0 aromatic carbocycles. The molecule has 0 aromatic rings. The van der Waals surface area contributed by atoms with E-state index in [1.165, 1.54) is 12.0 Å². The number of carbonyl (C=O) groups is 2. The summed E-state index contributed by atoms with van der Waals surface area (Å²) in [4.78, 5) is 23.1. The molecule has 1 amide bonds. The summed E-state index contributed by atoms with van der Waals surface area (Å²) in [6.07, 6.45) is 2.43. The Kier molecular flexibility index (Phi) is 7.20. The number of carbonyl (C=O) groups excluding carboxylic acids is 2. The van der Waals surface area contributed by atoms with Crippen LogP contribution in [0.3, 0.4) is 0 Å². The van der Waals surface area contributed by atoms with Gasteiger partial charge in [-0.3, -0.25) is 9.69 Å². The van der Waals surface area contributed by atoms with E-state index in [-0.39, 0.29) is 6.54 Å².